The van der Waals surface area contributed by atoms with Gasteiger partial charge in [-0.2, -0.15) is 0 Å². The Morgan fingerprint density at radius 1 is 1.41 bits per heavy atom. The van der Waals surface area contributed by atoms with Crippen LogP contribution in [0.4, 0.5) is 0 Å². The van der Waals surface area contributed by atoms with Crippen LogP contribution < -0.4 is 5.56 Å². The maximum Gasteiger partial charge on any atom is 0.337 e. The average molecular weight is 234 g/mol. The standard InChI is InChI=1S/C10H10N4O3/c1-13-5-8(11-12-13)6-14-4-7(10(16)17)2-3-9(14)15/h2-5H,6H2,1H3,(H,16,17). The van der Waals surface area contributed by atoms with Gasteiger partial charge in [0.25, 0.3) is 5.56 Å². The zero-order valence-electron chi connectivity index (χ0n) is 9.07. The van der Waals surface area contributed by atoms with Crippen molar-refractivity contribution >= 4 is 5.97 Å². The molecule has 0 aromatic carbocycles. The van der Waals surface area contributed by atoms with Crippen molar-refractivity contribution in [1.29, 1.82) is 0 Å². The van der Waals surface area contributed by atoms with E-state index in [4.69, 9.17) is 5.11 Å². The van der Waals surface area contributed by atoms with E-state index in [-0.39, 0.29) is 17.7 Å². The number of pyridine rings is 1. The molecule has 0 amide bonds. The van der Waals surface area contributed by atoms with Crippen LogP contribution in [-0.4, -0.2) is 30.6 Å². The number of carbonyl (C=O) groups is 1. The van der Waals surface area contributed by atoms with Gasteiger partial charge >= 0.3 is 5.97 Å². The molecular weight excluding hydrogens is 224 g/mol. The van der Waals surface area contributed by atoms with Gasteiger partial charge < -0.3 is 9.67 Å². The number of aromatic nitrogens is 4. The lowest BCUT2D eigenvalue weighted by atomic mass is 10.3. The normalized spacial score (nSPS) is 10.4. The maximum atomic E-state index is 11.5. The van der Waals surface area contributed by atoms with E-state index in [9.17, 15) is 9.59 Å². The van der Waals surface area contributed by atoms with E-state index in [0.717, 1.165) is 0 Å². The molecule has 0 unspecified atom stereocenters. The summed E-state index contributed by atoms with van der Waals surface area (Å²) in [5.41, 5.74) is 0.381. The monoisotopic (exact) mass is 234 g/mol. The van der Waals surface area contributed by atoms with Crippen LogP contribution in [0, 0.1) is 0 Å². The molecule has 2 aromatic heterocycles. The number of hydrogen-bond donors (Lipinski definition) is 1. The molecule has 0 bridgehead atoms. The number of carboxylic acid groups (broad SMARTS) is 1. The van der Waals surface area contributed by atoms with Gasteiger partial charge in [-0.1, -0.05) is 5.21 Å². The molecular formula is C10H10N4O3. The summed E-state index contributed by atoms with van der Waals surface area (Å²) < 4.78 is 2.80. The van der Waals surface area contributed by atoms with E-state index in [2.05, 4.69) is 10.3 Å². The zero-order valence-corrected chi connectivity index (χ0v) is 9.07. The molecule has 0 atom stereocenters. The summed E-state index contributed by atoms with van der Waals surface area (Å²) in [5.74, 6) is -1.07. The molecule has 0 aliphatic heterocycles. The molecule has 17 heavy (non-hydrogen) atoms. The fourth-order valence-electron chi connectivity index (χ4n) is 1.42. The molecule has 7 nitrogen and oxygen atoms in total. The molecule has 0 aliphatic rings. The highest BCUT2D eigenvalue weighted by molar-refractivity contribution is 5.87. The van der Waals surface area contributed by atoms with Crippen molar-refractivity contribution in [3.8, 4) is 0 Å². The van der Waals surface area contributed by atoms with Gasteiger partial charge in [-0.3, -0.25) is 9.48 Å². The summed E-state index contributed by atoms with van der Waals surface area (Å²) in [4.78, 5) is 22.3. The van der Waals surface area contributed by atoms with Gasteiger partial charge in [0.1, 0.15) is 5.69 Å². The number of hydrogen-bond acceptors (Lipinski definition) is 4. The first kappa shape index (κ1) is 11.1. The Kier molecular flexibility index (Phi) is 2.73. The van der Waals surface area contributed by atoms with Gasteiger partial charge in [0, 0.05) is 25.5 Å². The molecule has 2 aromatic rings. The van der Waals surface area contributed by atoms with Crippen LogP contribution in [0.15, 0.2) is 29.3 Å². The Morgan fingerprint density at radius 3 is 2.76 bits per heavy atom. The molecule has 2 rings (SSSR count). The zero-order chi connectivity index (χ0) is 12.4. The second kappa shape index (κ2) is 4.20. The van der Waals surface area contributed by atoms with E-state index in [0.29, 0.717) is 5.69 Å². The summed E-state index contributed by atoms with van der Waals surface area (Å²) in [6.07, 6.45) is 2.96. The highest BCUT2D eigenvalue weighted by atomic mass is 16.4. The van der Waals surface area contributed by atoms with Crippen LogP contribution >= 0.6 is 0 Å². The Hall–Kier alpha value is -2.44. The molecule has 0 fully saturated rings. The molecule has 0 spiro atoms. The maximum absolute atomic E-state index is 11.5. The largest absolute Gasteiger partial charge is 0.478 e. The van der Waals surface area contributed by atoms with E-state index >= 15 is 0 Å². The lowest BCUT2D eigenvalue weighted by Gasteiger charge is -2.03. The van der Waals surface area contributed by atoms with Crippen LogP contribution in [0.2, 0.25) is 0 Å². The van der Waals surface area contributed by atoms with Gasteiger partial charge in [0.15, 0.2) is 0 Å². The van der Waals surface area contributed by atoms with Gasteiger partial charge in [-0.05, 0) is 6.07 Å². The SMILES string of the molecule is Cn1cc(Cn2cc(C(=O)O)ccc2=O)nn1. The molecule has 0 aliphatic carbocycles. The average Bonchev–Trinajstić information content (AvgIpc) is 2.67. The highest BCUT2D eigenvalue weighted by Gasteiger charge is 2.07. The first-order valence-corrected chi connectivity index (χ1v) is 4.85. The molecule has 2 heterocycles. The third-order valence-corrected chi connectivity index (χ3v) is 2.21. The molecule has 0 radical (unpaired) electrons. The van der Waals surface area contributed by atoms with Gasteiger partial charge in [-0.25, -0.2) is 4.79 Å². The lowest BCUT2D eigenvalue weighted by molar-refractivity contribution is 0.0696. The molecule has 0 saturated heterocycles. The summed E-state index contributed by atoms with van der Waals surface area (Å²) in [5, 5.41) is 16.4. The van der Waals surface area contributed by atoms with Gasteiger partial charge in [0.05, 0.1) is 12.1 Å². The Labute approximate surface area is 95.9 Å². The first-order valence-electron chi connectivity index (χ1n) is 4.85. The van der Waals surface area contributed by atoms with Crippen molar-refractivity contribution in [3.05, 3.63) is 46.1 Å². The van der Waals surface area contributed by atoms with Crippen LogP contribution in [-0.2, 0) is 13.6 Å². The lowest BCUT2D eigenvalue weighted by Crippen LogP contribution is -2.20. The minimum atomic E-state index is -1.07. The summed E-state index contributed by atoms with van der Waals surface area (Å²) in [6.45, 7) is 0.202. The van der Waals surface area contributed by atoms with E-state index in [1.807, 2.05) is 0 Å². The topological polar surface area (TPSA) is 90.0 Å². The predicted octanol–water partition coefficient (Wildman–Crippen LogP) is -0.277. The number of rotatable bonds is 3. The second-order valence-electron chi connectivity index (χ2n) is 3.57. The van der Waals surface area contributed by atoms with E-state index in [1.54, 1.807) is 13.2 Å². The van der Waals surface area contributed by atoms with E-state index < -0.39 is 5.97 Å². The minimum Gasteiger partial charge on any atom is -0.478 e. The predicted molar refractivity (Wildman–Crippen MR) is 57.8 cm³/mol. The number of nitrogens with zero attached hydrogens (tertiary/aromatic N) is 4. The Balaban J connectivity index is 2.35. The second-order valence-corrected chi connectivity index (χ2v) is 3.57. The highest BCUT2D eigenvalue weighted by Crippen LogP contribution is 1.99. The van der Waals surface area contributed by atoms with E-state index in [1.165, 1.54) is 27.6 Å². The van der Waals surface area contributed by atoms with Crippen LogP contribution in [0.1, 0.15) is 16.1 Å². The van der Waals surface area contributed by atoms with Crippen LogP contribution in [0.5, 0.6) is 0 Å². The number of aryl methyl sites for hydroxylation is 1. The fraction of sp³-hybridized carbons (Fsp3) is 0.200. The summed E-state index contributed by atoms with van der Waals surface area (Å²) in [6, 6.07) is 2.50. The van der Waals surface area contributed by atoms with Crippen LogP contribution in [0.3, 0.4) is 0 Å². The number of carboxylic acids is 1. The molecule has 7 heteroatoms. The summed E-state index contributed by atoms with van der Waals surface area (Å²) >= 11 is 0. The van der Waals surface area contributed by atoms with Crippen molar-refractivity contribution in [2.24, 2.45) is 7.05 Å². The smallest absolute Gasteiger partial charge is 0.337 e. The third-order valence-electron chi connectivity index (χ3n) is 2.21. The van der Waals surface area contributed by atoms with Crippen molar-refractivity contribution in [2.45, 2.75) is 6.54 Å². The van der Waals surface area contributed by atoms with Gasteiger partial charge in [0.2, 0.25) is 0 Å². The quantitative estimate of drug-likeness (QED) is 0.789. The molecule has 0 saturated carbocycles. The third kappa shape index (κ3) is 2.39. The first-order chi connectivity index (χ1) is 8.06. The van der Waals surface area contributed by atoms with Crippen molar-refractivity contribution in [1.82, 2.24) is 19.6 Å². The summed E-state index contributed by atoms with van der Waals surface area (Å²) in [7, 11) is 1.72. The minimum absolute atomic E-state index is 0.0634. The van der Waals surface area contributed by atoms with Crippen molar-refractivity contribution in [2.75, 3.05) is 0 Å². The van der Waals surface area contributed by atoms with Crippen LogP contribution in [0.25, 0.3) is 0 Å². The Morgan fingerprint density at radius 2 is 2.18 bits per heavy atom. The van der Waals surface area contributed by atoms with Gasteiger partial charge in [-0.15, -0.1) is 5.10 Å². The Bertz CT molecular complexity index is 614. The van der Waals surface area contributed by atoms with Crippen molar-refractivity contribution < 1.29 is 9.90 Å². The molecule has 1 N–H and O–H groups in total. The number of aromatic carboxylic acids is 1. The fourth-order valence-corrected chi connectivity index (χ4v) is 1.42. The van der Waals surface area contributed by atoms with Crippen molar-refractivity contribution in [3.63, 3.8) is 0 Å². The molecule has 88 valence electrons.